The molecule has 1 amide bonds. The third-order valence-electron chi connectivity index (χ3n) is 3.81. The fourth-order valence-electron chi connectivity index (χ4n) is 2.29. The summed E-state index contributed by atoms with van der Waals surface area (Å²) in [6, 6.07) is 14.0. The lowest BCUT2D eigenvalue weighted by atomic mass is 10.1. The van der Waals surface area contributed by atoms with E-state index in [0.29, 0.717) is 24.6 Å². The molecule has 3 rings (SSSR count). The highest BCUT2D eigenvalue weighted by Gasteiger charge is 2.18. The molecular weight excluding hydrogens is 434 g/mol. The first-order chi connectivity index (χ1) is 13.3. The van der Waals surface area contributed by atoms with Crippen LogP contribution in [0.2, 0.25) is 5.02 Å². The zero-order valence-electron chi connectivity index (χ0n) is 15.0. The van der Waals surface area contributed by atoms with Crippen LogP contribution in [0.1, 0.15) is 24.2 Å². The van der Waals surface area contributed by atoms with E-state index in [0.717, 1.165) is 5.69 Å². The quantitative estimate of drug-likeness (QED) is 0.300. The highest BCUT2D eigenvalue weighted by atomic mass is 35.5. The first-order valence-corrected chi connectivity index (χ1v) is 10.8. The number of hydrogen-bond donors (Lipinski definition) is 1. The van der Waals surface area contributed by atoms with Crippen LogP contribution >= 0.6 is 46.9 Å². The smallest absolute Gasteiger partial charge is 0.237 e. The Labute approximate surface area is 180 Å². The van der Waals surface area contributed by atoms with E-state index in [1.165, 1.54) is 30.0 Å². The Balaban J connectivity index is 1.67. The van der Waals surface area contributed by atoms with Crippen molar-refractivity contribution in [1.29, 1.82) is 0 Å². The Morgan fingerprint density at radius 2 is 1.82 bits per heavy atom. The molecule has 0 fully saturated rings. The molecule has 2 aromatic carbocycles. The number of ketones is 1. The number of halogens is 1. The molecule has 3 aromatic rings. The molecule has 1 aromatic heterocycles. The van der Waals surface area contributed by atoms with E-state index in [1.807, 2.05) is 12.1 Å². The number of nitrogens with zero attached hydrogens (tertiary/aromatic N) is 2. The molecule has 1 atom stereocenters. The van der Waals surface area contributed by atoms with Crippen molar-refractivity contribution in [2.45, 2.75) is 23.4 Å². The van der Waals surface area contributed by atoms with Gasteiger partial charge in [-0.25, -0.2) is 4.68 Å². The van der Waals surface area contributed by atoms with Gasteiger partial charge in [0.25, 0.3) is 0 Å². The van der Waals surface area contributed by atoms with Gasteiger partial charge in [-0.05, 0) is 74.6 Å². The molecule has 0 radical (unpaired) electrons. The van der Waals surface area contributed by atoms with Crippen molar-refractivity contribution in [3.63, 3.8) is 0 Å². The Bertz CT molecular complexity index is 1060. The molecule has 5 nitrogen and oxygen atoms in total. The summed E-state index contributed by atoms with van der Waals surface area (Å²) < 4.78 is 2.95. The van der Waals surface area contributed by atoms with Crippen LogP contribution in [0.5, 0.6) is 0 Å². The van der Waals surface area contributed by atoms with Gasteiger partial charge in [-0.2, -0.15) is 0 Å². The predicted octanol–water partition coefficient (Wildman–Crippen LogP) is 5.64. The van der Waals surface area contributed by atoms with E-state index in [9.17, 15) is 9.59 Å². The van der Waals surface area contributed by atoms with Crippen molar-refractivity contribution >= 4 is 64.3 Å². The number of carbonyl (C=O) groups excluding carboxylic acids is 2. The van der Waals surface area contributed by atoms with Crippen LogP contribution in [-0.4, -0.2) is 26.7 Å². The minimum absolute atomic E-state index is 0.0146. The molecule has 0 bridgehead atoms. The van der Waals surface area contributed by atoms with Gasteiger partial charge in [-0.1, -0.05) is 34.7 Å². The monoisotopic (exact) mass is 449 g/mol. The van der Waals surface area contributed by atoms with Gasteiger partial charge < -0.3 is 5.32 Å². The predicted molar refractivity (Wildman–Crippen MR) is 118 cm³/mol. The van der Waals surface area contributed by atoms with E-state index in [2.05, 4.69) is 10.4 Å². The summed E-state index contributed by atoms with van der Waals surface area (Å²) in [5.41, 5.74) is 2.06. The lowest BCUT2D eigenvalue weighted by Gasteiger charge is -2.10. The molecule has 144 valence electrons. The second-order valence-electron chi connectivity index (χ2n) is 5.90. The number of rotatable bonds is 6. The third-order valence-corrected chi connectivity index (χ3v) is 6.47. The molecule has 0 saturated carbocycles. The third kappa shape index (κ3) is 5.08. The number of hydrogen-bond acceptors (Lipinski definition) is 6. The van der Waals surface area contributed by atoms with E-state index in [-0.39, 0.29) is 16.9 Å². The second kappa shape index (κ2) is 9.00. The SMILES string of the molecule is CC(=O)c1ccc(NC(=O)C(C)Sc2nn(-c3ccc(Cl)cc3)c(=S)s2)cc1. The zero-order chi connectivity index (χ0) is 20.3. The number of benzene rings is 2. The molecule has 9 heteroatoms. The maximum absolute atomic E-state index is 12.5. The molecular formula is C19H16ClN3O2S3. The average Bonchev–Trinajstić information content (AvgIpc) is 3.02. The lowest BCUT2D eigenvalue weighted by molar-refractivity contribution is -0.115. The van der Waals surface area contributed by atoms with Crippen molar-refractivity contribution in [2.24, 2.45) is 0 Å². The number of thioether (sulfide) groups is 1. The first kappa shape index (κ1) is 20.7. The van der Waals surface area contributed by atoms with E-state index < -0.39 is 0 Å². The Morgan fingerprint density at radius 3 is 2.43 bits per heavy atom. The number of anilines is 1. The molecule has 0 saturated heterocycles. The fourth-order valence-corrected chi connectivity index (χ4v) is 4.92. The van der Waals surface area contributed by atoms with E-state index in [4.69, 9.17) is 23.8 Å². The highest BCUT2D eigenvalue weighted by Crippen LogP contribution is 2.28. The van der Waals surface area contributed by atoms with Gasteiger partial charge in [0.15, 0.2) is 14.1 Å². The highest BCUT2D eigenvalue weighted by molar-refractivity contribution is 8.02. The topological polar surface area (TPSA) is 64.0 Å². The van der Waals surface area contributed by atoms with Gasteiger partial charge >= 0.3 is 0 Å². The van der Waals surface area contributed by atoms with Crippen molar-refractivity contribution in [1.82, 2.24) is 9.78 Å². The maximum Gasteiger partial charge on any atom is 0.237 e. The van der Waals surface area contributed by atoms with Gasteiger partial charge in [-0.15, -0.1) is 5.10 Å². The minimum Gasteiger partial charge on any atom is -0.325 e. The summed E-state index contributed by atoms with van der Waals surface area (Å²) in [5, 5.41) is 7.62. The number of carbonyl (C=O) groups is 2. The lowest BCUT2D eigenvalue weighted by Crippen LogP contribution is -2.22. The maximum atomic E-state index is 12.5. The molecule has 0 spiro atoms. The normalized spacial score (nSPS) is 11.8. The van der Waals surface area contributed by atoms with Crippen LogP contribution in [0.25, 0.3) is 5.69 Å². The first-order valence-electron chi connectivity index (χ1n) is 8.28. The minimum atomic E-state index is -0.369. The molecule has 0 aliphatic rings. The second-order valence-corrected chi connectivity index (χ2v) is 9.55. The van der Waals surface area contributed by atoms with E-state index >= 15 is 0 Å². The van der Waals surface area contributed by atoms with Gasteiger partial charge in [-0.3, -0.25) is 9.59 Å². The summed E-state index contributed by atoms with van der Waals surface area (Å²) in [6.45, 7) is 3.31. The van der Waals surface area contributed by atoms with Crippen LogP contribution < -0.4 is 5.32 Å². The molecule has 1 unspecified atom stereocenters. The largest absolute Gasteiger partial charge is 0.325 e. The Morgan fingerprint density at radius 1 is 1.18 bits per heavy atom. The van der Waals surface area contributed by atoms with Gasteiger partial charge in [0.05, 0.1) is 10.9 Å². The van der Waals surface area contributed by atoms with Crippen molar-refractivity contribution < 1.29 is 9.59 Å². The van der Waals surface area contributed by atoms with Crippen LogP contribution in [0.15, 0.2) is 52.9 Å². The molecule has 0 aliphatic heterocycles. The Hall–Kier alpha value is -2.00. The number of Topliss-reactive ketones (excluding diaryl/α,β-unsaturated/α-hetero) is 1. The number of nitrogens with one attached hydrogen (secondary N) is 1. The molecule has 0 aliphatic carbocycles. The van der Waals surface area contributed by atoms with Crippen molar-refractivity contribution in [3.05, 3.63) is 63.1 Å². The molecule has 1 N–H and O–H groups in total. The zero-order valence-corrected chi connectivity index (χ0v) is 18.2. The molecule has 1 heterocycles. The summed E-state index contributed by atoms with van der Waals surface area (Å²) in [4.78, 5) is 23.8. The van der Waals surface area contributed by atoms with Gasteiger partial charge in [0.2, 0.25) is 5.91 Å². The standard InChI is InChI=1S/C19H16ClN3O2S3/c1-11(24)13-3-7-15(8-4-13)21-17(25)12(2)27-18-22-23(19(26)28-18)16-9-5-14(20)6-10-16/h3-10,12H,1-2H3,(H,21,25). The van der Waals surface area contributed by atoms with Crippen LogP contribution in [0, 0.1) is 3.95 Å². The Kier molecular flexibility index (Phi) is 6.66. The summed E-state index contributed by atoms with van der Waals surface area (Å²) >= 11 is 14.0. The van der Waals surface area contributed by atoms with Crippen molar-refractivity contribution in [2.75, 3.05) is 5.32 Å². The average molecular weight is 450 g/mol. The van der Waals surface area contributed by atoms with E-state index in [1.54, 1.807) is 48.0 Å². The number of aromatic nitrogens is 2. The summed E-state index contributed by atoms with van der Waals surface area (Å²) in [5.74, 6) is -0.168. The van der Waals surface area contributed by atoms with Crippen LogP contribution in [0.4, 0.5) is 5.69 Å². The van der Waals surface area contributed by atoms with Crippen molar-refractivity contribution in [3.8, 4) is 5.69 Å². The van der Waals surface area contributed by atoms with Gasteiger partial charge in [0.1, 0.15) is 0 Å². The summed E-state index contributed by atoms with van der Waals surface area (Å²) in [7, 11) is 0. The fraction of sp³-hybridized carbons (Fsp3) is 0.158. The van der Waals surface area contributed by atoms with Gasteiger partial charge in [0, 0.05) is 16.3 Å². The molecule has 28 heavy (non-hydrogen) atoms. The number of amides is 1. The summed E-state index contributed by atoms with van der Waals surface area (Å²) in [6.07, 6.45) is 0. The van der Waals surface area contributed by atoms with Crippen LogP contribution in [-0.2, 0) is 4.79 Å². The van der Waals surface area contributed by atoms with Crippen LogP contribution in [0.3, 0.4) is 0 Å².